The van der Waals surface area contributed by atoms with Crippen LogP contribution in [-0.2, 0) is 0 Å². The van der Waals surface area contributed by atoms with Crippen LogP contribution in [0, 0.1) is 26.3 Å². The van der Waals surface area contributed by atoms with Crippen molar-refractivity contribution in [2.75, 3.05) is 14.2 Å². The van der Waals surface area contributed by atoms with E-state index in [1.807, 2.05) is 20.8 Å². The molecule has 0 saturated heterocycles. The molecule has 0 radical (unpaired) electrons. The molecule has 0 heterocycles. The summed E-state index contributed by atoms with van der Waals surface area (Å²) < 4.78 is 10.6. The second-order valence-corrected chi connectivity index (χ2v) is 3.40. The first-order chi connectivity index (χ1) is 7.08. The molecule has 1 aromatic carbocycles. The van der Waals surface area contributed by atoms with E-state index in [2.05, 4.69) is 5.11 Å². The molecule has 1 aromatic rings. The van der Waals surface area contributed by atoms with Crippen LogP contribution in [-0.4, -0.2) is 14.2 Å². The van der Waals surface area contributed by atoms with Crippen LogP contribution in [0.5, 0.6) is 11.5 Å². The van der Waals surface area contributed by atoms with Crippen molar-refractivity contribution in [2.45, 2.75) is 20.8 Å². The molecule has 0 atom stereocenters. The zero-order valence-corrected chi connectivity index (χ0v) is 9.76. The zero-order chi connectivity index (χ0) is 11.6. The Hall–Kier alpha value is -1.58. The Morgan fingerprint density at radius 2 is 1.40 bits per heavy atom. The van der Waals surface area contributed by atoms with Gasteiger partial charge in [-0.2, -0.15) is 5.11 Å². The van der Waals surface area contributed by atoms with Gasteiger partial charge in [0.1, 0.15) is 11.4 Å². The van der Waals surface area contributed by atoms with E-state index in [0.717, 1.165) is 22.4 Å². The predicted octanol–water partition coefficient (Wildman–Crippen LogP) is 3.29. The van der Waals surface area contributed by atoms with Gasteiger partial charge in [-0.05, 0) is 31.9 Å². The van der Waals surface area contributed by atoms with Crippen LogP contribution in [0.4, 0.5) is 5.69 Å². The van der Waals surface area contributed by atoms with Crippen molar-refractivity contribution in [3.63, 3.8) is 0 Å². The molecule has 4 heteroatoms. The first kappa shape index (κ1) is 11.5. The van der Waals surface area contributed by atoms with Gasteiger partial charge in [0.15, 0.2) is 5.75 Å². The third kappa shape index (κ3) is 1.67. The van der Waals surface area contributed by atoms with Gasteiger partial charge in [-0.25, -0.2) is 5.53 Å². The maximum absolute atomic E-state index is 7.15. The molecular formula is C11H16N2O2. The van der Waals surface area contributed by atoms with Gasteiger partial charge in [0.2, 0.25) is 0 Å². The highest BCUT2D eigenvalue weighted by molar-refractivity contribution is 5.68. The van der Waals surface area contributed by atoms with Crippen LogP contribution in [0.3, 0.4) is 0 Å². The number of hydrogen-bond donors (Lipinski definition) is 1. The molecule has 0 aliphatic carbocycles. The number of rotatable bonds is 3. The lowest BCUT2D eigenvalue weighted by atomic mass is 10.0. The van der Waals surface area contributed by atoms with Gasteiger partial charge in [0.05, 0.1) is 14.2 Å². The Morgan fingerprint density at radius 1 is 0.867 bits per heavy atom. The minimum Gasteiger partial charge on any atom is -0.496 e. The molecule has 0 aliphatic heterocycles. The monoisotopic (exact) mass is 208 g/mol. The summed E-state index contributed by atoms with van der Waals surface area (Å²) >= 11 is 0. The van der Waals surface area contributed by atoms with Crippen LogP contribution < -0.4 is 9.47 Å². The third-order valence-corrected chi connectivity index (χ3v) is 2.67. The van der Waals surface area contributed by atoms with Gasteiger partial charge in [0, 0.05) is 5.56 Å². The van der Waals surface area contributed by atoms with Gasteiger partial charge in [-0.3, -0.25) is 0 Å². The maximum Gasteiger partial charge on any atom is 0.153 e. The Labute approximate surface area is 89.7 Å². The number of benzene rings is 1. The largest absolute Gasteiger partial charge is 0.496 e. The van der Waals surface area contributed by atoms with Crippen molar-refractivity contribution in [3.8, 4) is 11.5 Å². The van der Waals surface area contributed by atoms with E-state index in [1.54, 1.807) is 14.2 Å². The van der Waals surface area contributed by atoms with Gasteiger partial charge in [-0.1, -0.05) is 0 Å². The average molecular weight is 208 g/mol. The van der Waals surface area contributed by atoms with Crippen LogP contribution >= 0.6 is 0 Å². The molecule has 4 nitrogen and oxygen atoms in total. The van der Waals surface area contributed by atoms with E-state index < -0.39 is 0 Å². The predicted molar refractivity (Wildman–Crippen MR) is 58.6 cm³/mol. The smallest absolute Gasteiger partial charge is 0.153 e. The molecule has 0 saturated carbocycles. The Kier molecular flexibility index (Phi) is 3.29. The van der Waals surface area contributed by atoms with Crippen LogP contribution in [0.1, 0.15) is 16.7 Å². The molecule has 15 heavy (non-hydrogen) atoms. The van der Waals surface area contributed by atoms with Crippen LogP contribution in [0.15, 0.2) is 5.11 Å². The van der Waals surface area contributed by atoms with E-state index in [0.29, 0.717) is 11.4 Å². The minimum atomic E-state index is 0.577. The minimum absolute atomic E-state index is 0.577. The molecule has 0 aromatic heterocycles. The summed E-state index contributed by atoms with van der Waals surface area (Å²) in [6, 6.07) is 0. The fourth-order valence-electron chi connectivity index (χ4n) is 1.77. The highest BCUT2D eigenvalue weighted by Crippen LogP contribution is 2.42. The van der Waals surface area contributed by atoms with Gasteiger partial charge in [-0.15, -0.1) is 0 Å². The second-order valence-electron chi connectivity index (χ2n) is 3.40. The first-order valence-corrected chi connectivity index (χ1v) is 4.67. The lowest BCUT2D eigenvalue weighted by Gasteiger charge is -2.17. The summed E-state index contributed by atoms with van der Waals surface area (Å²) in [5.41, 5.74) is 10.5. The summed E-state index contributed by atoms with van der Waals surface area (Å²) in [5.74, 6) is 1.42. The topological polar surface area (TPSA) is 54.7 Å². The Bertz CT molecular complexity index is 400. The van der Waals surface area contributed by atoms with Crippen LogP contribution in [0.25, 0.3) is 0 Å². The van der Waals surface area contributed by atoms with Crippen molar-refractivity contribution in [3.05, 3.63) is 16.7 Å². The standard InChI is InChI=1S/C11H16N2O2/c1-6-7(2)10(14-4)8(3)11(15-5)9(6)13-12/h12H,1-5H3. The first-order valence-electron chi connectivity index (χ1n) is 4.67. The van der Waals surface area contributed by atoms with E-state index in [4.69, 9.17) is 15.0 Å². The maximum atomic E-state index is 7.15. The molecule has 82 valence electrons. The van der Waals surface area contributed by atoms with Crippen molar-refractivity contribution >= 4 is 5.69 Å². The quantitative estimate of drug-likeness (QED) is 0.775. The molecule has 0 bridgehead atoms. The third-order valence-electron chi connectivity index (χ3n) is 2.67. The SMILES string of the molecule is COc1c(C)c(C)c(N=N)c(OC)c1C. The highest BCUT2D eigenvalue weighted by Gasteiger charge is 2.18. The Morgan fingerprint density at radius 3 is 1.80 bits per heavy atom. The van der Waals surface area contributed by atoms with Crippen molar-refractivity contribution in [2.24, 2.45) is 5.11 Å². The van der Waals surface area contributed by atoms with E-state index >= 15 is 0 Å². The summed E-state index contributed by atoms with van der Waals surface area (Å²) in [7, 11) is 3.21. The number of methoxy groups -OCH3 is 2. The fourth-order valence-corrected chi connectivity index (χ4v) is 1.77. The van der Waals surface area contributed by atoms with Gasteiger partial charge < -0.3 is 9.47 Å². The number of nitrogens with one attached hydrogen (secondary N) is 1. The Balaban J connectivity index is 3.64. The highest BCUT2D eigenvalue weighted by atomic mass is 16.5. The molecule has 0 amide bonds. The summed E-state index contributed by atoms with van der Waals surface area (Å²) in [4.78, 5) is 0. The van der Waals surface area contributed by atoms with Crippen molar-refractivity contribution in [1.82, 2.24) is 0 Å². The number of ether oxygens (including phenoxy) is 2. The van der Waals surface area contributed by atoms with Crippen LogP contribution in [0.2, 0.25) is 0 Å². The lowest BCUT2D eigenvalue weighted by Crippen LogP contribution is -1.98. The molecule has 0 unspecified atom stereocenters. The molecule has 1 N–H and O–H groups in total. The van der Waals surface area contributed by atoms with Crippen molar-refractivity contribution in [1.29, 1.82) is 5.53 Å². The molecule has 0 aliphatic rings. The average Bonchev–Trinajstić information content (AvgIpc) is 2.23. The second kappa shape index (κ2) is 4.29. The molecule has 1 rings (SSSR count). The summed E-state index contributed by atoms with van der Waals surface area (Å²) in [5, 5.41) is 3.51. The van der Waals surface area contributed by atoms with Crippen molar-refractivity contribution < 1.29 is 9.47 Å². The van der Waals surface area contributed by atoms with E-state index in [-0.39, 0.29) is 0 Å². The van der Waals surface area contributed by atoms with Gasteiger partial charge in [0.25, 0.3) is 0 Å². The van der Waals surface area contributed by atoms with E-state index in [1.165, 1.54) is 0 Å². The molecular weight excluding hydrogens is 192 g/mol. The molecule has 0 spiro atoms. The summed E-state index contributed by atoms with van der Waals surface area (Å²) in [6.45, 7) is 5.77. The normalized spacial score (nSPS) is 9.93. The molecule has 0 fully saturated rings. The van der Waals surface area contributed by atoms with Gasteiger partial charge >= 0.3 is 0 Å². The fraction of sp³-hybridized carbons (Fsp3) is 0.455. The number of hydrogen-bond acceptors (Lipinski definition) is 4. The zero-order valence-electron chi connectivity index (χ0n) is 9.76. The lowest BCUT2D eigenvalue weighted by molar-refractivity contribution is 0.387. The van der Waals surface area contributed by atoms with E-state index in [9.17, 15) is 0 Å². The summed E-state index contributed by atoms with van der Waals surface area (Å²) in [6.07, 6.45) is 0. The number of nitrogens with zero attached hydrogens (tertiary/aromatic N) is 1.